The molecule has 0 unspecified atom stereocenters. The minimum Gasteiger partial charge on any atom is -0.454 e. The van der Waals surface area contributed by atoms with Crippen molar-refractivity contribution in [1.82, 2.24) is 0 Å². The molecule has 0 aliphatic carbocycles. The van der Waals surface area contributed by atoms with Crippen LogP contribution < -0.4 is 4.90 Å². The van der Waals surface area contributed by atoms with E-state index in [0.717, 1.165) is 22.2 Å². The molecule has 3 aromatic carbocycles. The van der Waals surface area contributed by atoms with E-state index in [2.05, 4.69) is 19.9 Å². The Morgan fingerprint density at radius 2 is 1.66 bits per heavy atom. The standard InChI is InChI=1S/C25H23NO3/c1-25(2)21-13-6-7-14-22(21)26(3)23(25)15-18(27)16-29-24(28)20-12-8-10-17-9-4-5-11-19(17)20/h4-15H,16H2,1-3H3. The van der Waals surface area contributed by atoms with Gasteiger partial charge in [0.2, 0.25) is 0 Å². The van der Waals surface area contributed by atoms with Crippen molar-refractivity contribution in [3.63, 3.8) is 0 Å². The zero-order valence-electron chi connectivity index (χ0n) is 16.8. The summed E-state index contributed by atoms with van der Waals surface area (Å²) in [7, 11) is 1.95. The number of likely N-dealkylation sites (N-methyl/N-ethyl adjacent to an activating group) is 1. The highest BCUT2D eigenvalue weighted by atomic mass is 16.5. The molecule has 4 nitrogen and oxygen atoms in total. The number of carbonyl (C=O) groups excluding carboxylic acids is 2. The average molecular weight is 385 g/mol. The predicted octanol–water partition coefficient (Wildman–Crippen LogP) is 4.88. The maximum atomic E-state index is 12.6. The number of hydrogen-bond donors (Lipinski definition) is 0. The third kappa shape index (κ3) is 3.31. The first-order valence-corrected chi connectivity index (χ1v) is 9.63. The van der Waals surface area contributed by atoms with Gasteiger partial charge in [-0.1, -0.05) is 68.4 Å². The van der Waals surface area contributed by atoms with E-state index < -0.39 is 5.97 Å². The lowest BCUT2D eigenvalue weighted by Crippen LogP contribution is -2.25. The van der Waals surface area contributed by atoms with Crippen LogP contribution in [0.4, 0.5) is 5.69 Å². The van der Waals surface area contributed by atoms with Gasteiger partial charge in [-0.15, -0.1) is 0 Å². The van der Waals surface area contributed by atoms with Crippen molar-refractivity contribution < 1.29 is 14.3 Å². The molecule has 146 valence electrons. The first kappa shape index (κ1) is 18.9. The topological polar surface area (TPSA) is 46.6 Å². The maximum absolute atomic E-state index is 12.6. The van der Waals surface area contributed by atoms with Crippen LogP contribution in [-0.4, -0.2) is 25.4 Å². The summed E-state index contributed by atoms with van der Waals surface area (Å²) in [5.74, 6) is -0.725. The average Bonchev–Trinajstić information content (AvgIpc) is 2.92. The Bertz CT molecular complexity index is 1140. The first-order chi connectivity index (χ1) is 13.9. The van der Waals surface area contributed by atoms with Gasteiger partial charge in [0.15, 0.2) is 12.4 Å². The van der Waals surface area contributed by atoms with Crippen LogP contribution in [0.1, 0.15) is 29.8 Å². The Morgan fingerprint density at radius 3 is 2.45 bits per heavy atom. The molecule has 0 atom stereocenters. The fraction of sp³-hybridized carbons (Fsp3) is 0.200. The van der Waals surface area contributed by atoms with Gasteiger partial charge >= 0.3 is 5.97 Å². The Kier molecular flexibility index (Phi) is 4.71. The quantitative estimate of drug-likeness (QED) is 0.474. The third-order valence-corrected chi connectivity index (χ3v) is 5.59. The summed E-state index contributed by atoms with van der Waals surface area (Å²) in [6, 6.07) is 21.2. The highest BCUT2D eigenvalue weighted by molar-refractivity contribution is 6.05. The lowest BCUT2D eigenvalue weighted by atomic mass is 9.83. The zero-order chi connectivity index (χ0) is 20.6. The van der Waals surface area contributed by atoms with Crippen LogP contribution in [0.3, 0.4) is 0 Å². The van der Waals surface area contributed by atoms with Crippen molar-refractivity contribution in [1.29, 1.82) is 0 Å². The molecule has 1 heterocycles. The lowest BCUT2D eigenvalue weighted by Gasteiger charge is -2.23. The number of benzene rings is 3. The molecule has 3 aromatic rings. The Morgan fingerprint density at radius 1 is 0.966 bits per heavy atom. The van der Waals surface area contributed by atoms with E-state index in [9.17, 15) is 9.59 Å². The first-order valence-electron chi connectivity index (χ1n) is 9.63. The highest BCUT2D eigenvalue weighted by Crippen LogP contribution is 2.46. The number of esters is 1. The molecule has 4 heteroatoms. The fourth-order valence-electron chi connectivity index (χ4n) is 4.07. The molecule has 0 bridgehead atoms. The number of hydrogen-bond acceptors (Lipinski definition) is 4. The molecule has 29 heavy (non-hydrogen) atoms. The van der Waals surface area contributed by atoms with Gasteiger partial charge < -0.3 is 9.64 Å². The van der Waals surface area contributed by atoms with Crippen molar-refractivity contribution in [3.8, 4) is 0 Å². The SMILES string of the molecule is CN1C(=CC(=O)COC(=O)c2cccc3ccccc23)C(C)(C)c2ccccc21. The van der Waals surface area contributed by atoms with Gasteiger partial charge in [0.05, 0.1) is 5.56 Å². The van der Waals surface area contributed by atoms with E-state index >= 15 is 0 Å². The second-order valence-corrected chi connectivity index (χ2v) is 7.80. The van der Waals surface area contributed by atoms with Crippen molar-refractivity contribution in [3.05, 3.63) is 89.6 Å². The second-order valence-electron chi connectivity index (χ2n) is 7.80. The van der Waals surface area contributed by atoms with E-state index in [1.807, 2.05) is 66.5 Å². The van der Waals surface area contributed by atoms with Gasteiger partial charge in [0, 0.05) is 29.9 Å². The number of ketones is 1. The van der Waals surface area contributed by atoms with Crippen LogP contribution >= 0.6 is 0 Å². The second kappa shape index (κ2) is 7.21. The molecule has 1 aliphatic heterocycles. The summed E-state index contributed by atoms with van der Waals surface area (Å²) in [5.41, 5.74) is 3.33. The molecule has 4 rings (SSSR count). The molecule has 0 amide bonds. The number of ether oxygens (including phenoxy) is 1. The molecule has 1 aliphatic rings. The normalized spacial score (nSPS) is 16.1. The van der Waals surface area contributed by atoms with E-state index in [1.54, 1.807) is 12.1 Å². The number of nitrogens with zero attached hydrogens (tertiary/aromatic N) is 1. The Hall–Kier alpha value is -3.40. The third-order valence-electron chi connectivity index (χ3n) is 5.59. The summed E-state index contributed by atoms with van der Waals surface area (Å²) in [4.78, 5) is 27.2. The van der Waals surface area contributed by atoms with Crippen LogP contribution in [-0.2, 0) is 14.9 Å². The predicted molar refractivity (Wildman–Crippen MR) is 115 cm³/mol. The lowest BCUT2D eigenvalue weighted by molar-refractivity contribution is -0.117. The molecule has 0 aromatic heterocycles. The molecule has 0 spiro atoms. The molecule has 0 fully saturated rings. The monoisotopic (exact) mass is 385 g/mol. The van der Waals surface area contributed by atoms with Gasteiger partial charge in [0.25, 0.3) is 0 Å². The largest absolute Gasteiger partial charge is 0.454 e. The minimum absolute atomic E-state index is 0.235. The molecule has 0 radical (unpaired) electrons. The van der Waals surface area contributed by atoms with Gasteiger partial charge in [-0.3, -0.25) is 4.79 Å². The summed E-state index contributed by atoms with van der Waals surface area (Å²) >= 11 is 0. The molecular weight excluding hydrogens is 362 g/mol. The van der Waals surface area contributed by atoms with Crippen molar-refractivity contribution >= 4 is 28.2 Å². The maximum Gasteiger partial charge on any atom is 0.339 e. The molecule has 0 saturated heterocycles. The van der Waals surface area contributed by atoms with Gasteiger partial charge in [0.1, 0.15) is 0 Å². The molecule has 0 N–H and O–H groups in total. The van der Waals surface area contributed by atoms with Crippen molar-refractivity contribution in [2.24, 2.45) is 0 Å². The van der Waals surface area contributed by atoms with E-state index in [1.165, 1.54) is 5.56 Å². The zero-order valence-corrected chi connectivity index (χ0v) is 16.8. The van der Waals surface area contributed by atoms with Gasteiger partial charge in [-0.25, -0.2) is 4.79 Å². The van der Waals surface area contributed by atoms with E-state index in [-0.39, 0.29) is 17.8 Å². The molecular formula is C25H23NO3. The number of fused-ring (bicyclic) bond motifs is 2. The number of rotatable bonds is 4. The van der Waals surface area contributed by atoms with E-state index in [4.69, 9.17) is 4.74 Å². The fourth-order valence-corrected chi connectivity index (χ4v) is 4.07. The van der Waals surface area contributed by atoms with Gasteiger partial charge in [-0.2, -0.15) is 0 Å². The highest BCUT2D eigenvalue weighted by Gasteiger charge is 2.38. The minimum atomic E-state index is -0.490. The van der Waals surface area contributed by atoms with Crippen LogP contribution in [0.25, 0.3) is 10.8 Å². The Balaban J connectivity index is 1.51. The van der Waals surface area contributed by atoms with Crippen LogP contribution in [0.2, 0.25) is 0 Å². The molecule has 0 saturated carbocycles. The van der Waals surface area contributed by atoms with Crippen LogP contribution in [0.15, 0.2) is 78.5 Å². The van der Waals surface area contributed by atoms with Gasteiger partial charge in [-0.05, 0) is 28.5 Å². The Labute approximate surface area is 170 Å². The van der Waals surface area contributed by atoms with Crippen molar-refractivity contribution in [2.45, 2.75) is 19.3 Å². The summed E-state index contributed by atoms with van der Waals surface area (Å²) in [6.07, 6.45) is 1.59. The van der Waals surface area contributed by atoms with E-state index in [0.29, 0.717) is 5.56 Å². The number of para-hydroxylation sites is 1. The van der Waals surface area contributed by atoms with Crippen LogP contribution in [0, 0.1) is 0 Å². The number of allylic oxidation sites excluding steroid dienone is 1. The summed E-state index contributed by atoms with van der Waals surface area (Å²) < 4.78 is 5.34. The summed E-state index contributed by atoms with van der Waals surface area (Å²) in [5, 5.41) is 1.78. The number of anilines is 1. The number of carbonyl (C=O) groups is 2. The van der Waals surface area contributed by atoms with Crippen molar-refractivity contribution in [2.75, 3.05) is 18.6 Å². The van der Waals surface area contributed by atoms with Crippen LogP contribution in [0.5, 0.6) is 0 Å². The summed E-state index contributed by atoms with van der Waals surface area (Å²) in [6.45, 7) is 3.90. The smallest absolute Gasteiger partial charge is 0.339 e.